The number of hydrogen-bond acceptors (Lipinski definition) is 2. The van der Waals surface area contributed by atoms with E-state index in [1.807, 2.05) is 20.8 Å². The summed E-state index contributed by atoms with van der Waals surface area (Å²) < 4.78 is 0. The van der Waals surface area contributed by atoms with Gasteiger partial charge in [-0.1, -0.05) is 0 Å². The van der Waals surface area contributed by atoms with Gasteiger partial charge in [0.25, 0.3) is 0 Å². The van der Waals surface area contributed by atoms with Gasteiger partial charge in [-0.15, -0.1) is 0 Å². The molecule has 0 aliphatic heterocycles. The minimum Gasteiger partial charge on any atom is -0.480 e. The average Bonchev–Trinajstić information content (AvgIpc) is 2.92. The van der Waals surface area contributed by atoms with Gasteiger partial charge in [0.1, 0.15) is 6.54 Å². The molecule has 0 saturated heterocycles. The van der Waals surface area contributed by atoms with Gasteiger partial charge >= 0.3 is 12.0 Å². The molecule has 0 aromatic rings. The highest BCUT2D eigenvalue weighted by Crippen LogP contribution is 2.27. The van der Waals surface area contributed by atoms with Crippen LogP contribution in [0.4, 0.5) is 4.79 Å². The Balaban J connectivity index is 2.74. The molecule has 0 bridgehead atoms. The Labute approximate surface area is 96.0 Å². The fourth-order valence-corrected chi connectivity index (χ4v) is 1.54. The normalized spacial score (nSPS) is 15.8. The molecule has 1 aliphatic rings. The first-order valence-electron chi connectivity index (χ1n) is 5.49. The van der Waals surface area contributed by atoms with Crippen LogP contribution in [0.2, 0.25) is 0 Å². The van der Waals surface area contributed by atoms with Crippen molar-refractivity contribution in [3.05, 3.63) is 0 Å². The Kier molecular flexibility index (Phi) is 3.45. The summed E-state index contributed by atoms with van der Waals surface area (Å²) in [7, 11) is 1.74. The van der Waals surface area contributed by atoms with Crippen molar-refractivity contribution in [1.29, 1.82) is 0 Å². The number of carbonyl (C=O) groups is 2. The molecule has 5 nitrogen and oxygen atoms in total. The van der Waals surface area contributed by atoms with Gasteiger partial charge in [-0.3, -0.25) is 4.79 Å². The van der Waals surface area contributed by atoms with E-state index in [-0.39, 0.29) is 12.6 Å². The zero-order chi connectivity index (χ0) is 12.5. The summed E-state index contributed by atoms with van der Waals surface area (Å²) in [4.78, 5) is 25.9. The molecule has 2 amide bonds. The summed E-state index contributed by atoms with van der Waals surface area (Å²) in [6, 6.07) is 0.101. The van der Waals surface area contributed by atoms with Gasteiger partial charge < -0.3 is 14.9 Å². The van der Waals surface area contributed by atoms with Crippen molar-refractivity contribution in [3.63, 3.8) is 0 Å². The molecule has 1 fully saturated rings. The van der Waals surface area contributed by atoms with E-state index in [9.17, 15) is 9.59 Å². The van der Waals surface area contributed by atoms with Crippen molar-refractivity contribution in [2.24, 2.45) is 0 Å². The Morgan fingerprint density at radius 3 is 2.12 bits per heavy atom. The Bertz CT molecular complexity index is 292. The second-order valence-corrected chi connectivity index (χ2v) is 5.28. The lowest BCUT2D eigenvalue weighted by molar-refractivity contribution is -0.138. The highest BCUT2D eigenvalue weighted by molar-refractivity contribution is 5.81. The number of aliphatic carboxylic acids is 1. The average molecular weight is 228 g/mol. The molecule has 92 valence electrons. The van der Waals surface area contributed by atoms with Crippen LogP contribution in [0.15, 0.2) is 0 Å². The maximum atomic E-state index is 12.1. The first kappa shape index (κ1) is 12.8. The van der Waals surface area contributed by atoms with Gasteiger partial charge in [-0.2, -0.15) is 0 Å². The van der Waals surface area contributed by atoms with E-state index in [1.54, 1.807) is 11.9 Å². The van der Waals surface area contributed by atoms with Crippen molar-refractivity contribution < 1.29 is 14.7 Å². The molecule has 5 heteroatoms. The van der Waals surface area contributed by atoms with E-state index in [0.29, 0.717) is 6.04 Å². The van der Waals surface area contributed by atoms with Crippen molar-refractivity contribution in [2.45, 2.75) is 45.2 Å². The zero-order valence-corrected chi connectivity index (χ0v) is 10.4. The van der Waals surface area contributed by atoms with E-state index in [4.69, 9.17) is 5.11 Å². The third-order valence-corrected chi connectivity index (χ3v) is 2.73. The monoisotopic (exact) mass is 228 g/mol. The van der Waals surface area contributed by atoms with Crippen LogP contribution < -0.4 is 0 Å². The number of hydrogen-bond donors (Lipinski definition) is 1. The Morgan fingerprint density at radius 1 is 1.31 bits per heavy atom. The minimum absolute atomic E-state index is 0.197. The lowest BCUT2D eigenvalue weighted by Crippen LogP contribution is -2.53. The van der Waals surface area contributed by atoms with Crippen LogP contribution in [0.5, 0.6) is 0 Å². The number of nitrogens with zero attached hydrogens (tertiary/aromatic N) is 2. The smallest absolute Gasteiger partial charge is 0.323 e. The molecule has 1 saturated carbocycles. The molecule has 0 atom stereocenters. The second kappa shape index (κ2) is 4.31. The molecule has 0 heterocycles. The summed E-state index contributed by atoms with van der Waals surface area (Å²) >= 11 is 0. The number of urea groups is 1. The standard InChI is InChI=1S/C11H20N2O3/c1-11(2,3)13(7-9(14)15)10(16)12(4)8-5-6-8/h8H,5-7H2,1-4H3,(H,14,15). The predicted octanol–water partition coefficient (Wildman–Crippen LogP) is 1.39. The predicted molar refractivity (Wildman–Crippen MR) is 60.3 cm³/mol. The maximum absolute atomic E-state index is 12.1. The first-order chi connectivity index (χ1) is 7.23. The van der Waals surface area contributed by atoms with Crippen molar-refractivity contribution in [3.8, 4) is 0 Å². The van der Waals surface area contributed by atoms with Gasteiger partial charge in [0.2, 0.25) is 0 Å². The third kappa shape index (κ3) is 3.12. The number of rotatable bonds is 3. The molecule has 0 spiro atoms. The summed E-state index contributed by atoms with van der Waals surface area (Å²) in [6.45, 7) is 5.27. The third-order valence-electron chi connectivity index (χ3n) is 2.73. The largest absolute Gasteiger partial charge is 0.480 e. The number of carboxylic acid groups (broad SMARTS) is 1. The topological polar surface area (TPSA) is 60.9 Å². The summed E-state index contributed by atoms with van der Waals surface area (Å²) in [5.74, 6) is -0.979. The van der Waals surface area contributed by atoms with Crippen molar-refractivity contribution in [1.82, 2.24) is 9.80 Å². The molecule has 1 N–H and O–H groups in total. The van der Waals surface area contributed by atoms with Gasteiger partial charge in [0.15, 0.2) is 0 Å². The molecule has 0 radical (unpaired) electrons. The van der Waals surface area contributed by atoms with E-state index in [0.717, 1.165) is 12.8 Å². The SMILES string of the molecule is CN(C(=O)N(CC(=O)O)C(C)(C)C)C1CC1. The van der Waals surface area contributed by atoms with Crippen molar-refractivity contribution >= 4 is 12.0 Å². The Hall–Kier alpha value is -1.26. The highest BCUT2D eigenvalue weighted by atomic mass is 16.4. The quantitative estimate of drug-likeness (QED) is 0.794. The van der Waals surface area contributed by atoms with Crippen LogP contribution in [-0.4, -0.2) is 52.1 Å². The number of carboxylic acids is 1. The van der Waals surface area contributed by atoms with Crippen molar-refractivity contribution in [2.75, 3.05) is 13.6 Å². The first-order valence-corrected chi connectivity index (χ1v) is 5.49. The summed E-state index contributed by atoms with van der Waals surface area (Å²) in [6.07, 6.45) is 2.04. The van der Waals surface area contributed by atoms with E-state index >= 15 is 0 Å². The van der Waals surface area contributed by atoms with E-state index in [1.165, 1.54) is 4.90 Å². The van der Waals surface area contributed by atoms with Crippen LogP contribution in [0.3, 0.4) is 0 Å². The van der Waals surface area contributed by atoms with Crippen LogP contribution in [0.25, 0.3) is 0 Å². The number of carbonyl (C=O) groups excluding carboxylic acids is 1. The lowest BCUT2D eigenvalue weighted by Gasteiger charge is -2.37. The minimum atomic E-state index is -0.979. The molecular weight excluding hydrogens is 208 g/mol. The zero-order valence-electron chi connectivity index (χ0n) is 10.4. The van der Waals surface area contributed by atoms with Gasteiger partial charge in [0, 0.05) is 18.6 Å². The van der Waals surface area contributed by atoms with E-state index in [2.05, 4.69) is 0 Å². The fourth-order valence-electron chi connectivity index (χ4n) is 1.54. The summed E-state index contributed by atoms with van der Waals surface area (Å²) in [5, 5.41) is 8.82. The van der Waals surface area contributed by atoms with Crippen LogP contribution in [0.1, 0.15) is 33.6 Å². The van der Waals surface area contributed by atoms with Crippen LogP contribution in [-0.2, 0) is 4.79 Å². The molecule has 0 aromatic heterocycles. The molecule has 1 rings (SSSR count). The van der Waals surface area contributed by atoms with Gasteiger partial charge in [-0.05, 0) is 33.6 Å². The summed E-state index contributed by atoms with van der Waals surface area (Å²) in [5.41, 5.74) is -0.474. The van der Waals surface area contributed by atoms with Crippen LogP contribution >= 0.6 is 0 Å². The van der Waals surface area contributed by atoms with Crippen LogP contribution in [0, 0.1) is 0 Å². The van der Waals surface area contributed by atoms with Gasteiger partial charge in [0.05, 0.1) is 0 Å². The van der Waals surface area contributed by atoms with Gasteiger partial charge in [-0.25, -0.2) is 4.79 Å². The molecule has 1 aliphatic carbocycles. The highest BCUT2D eigenvalue weighted by Gasteiger charge is 2.36. The lowest BCUT2D eigenvalue weighted by atomic mass is 10.1. The molecule has 0 unspecified atom stereocenters. The maximum Gasteiger partial charge on any atom is 0.323 e. The Morgan fingerprint density at radius 2 is 1.81 bits per heavy atom. The molecular formula is C11H20N2O3. The second-order valence-electron chi connectivity index (χ2n) is 5.28. The fraction of sp³-hybridized carbons (Fsp3) is 0.818. The van der Waals surface area contributed by atoms with E-state index < -0.39 is 11.5 Å². The molecule has 0 aromatic carbocycles. The molecule has 16 heavy (non-hydrogen) atoms. The number of amides is 2.